The van der Waals surface area contributed by atoms with E-state index in [9.17, 15) is 0 Å². The van der Waals surface area contributed by atoms with Crippen molar-refractivity contribution in [2.75, 3.05) is 39.3 Å². The largest absolute Gasteiger partial charge is 0.493 e. The predicted molar refractivity (Wildman–Crippen MR) is 91.9 cm³/mol. The first-order chi connectivity index (χ1) is 11.8. The van der Waals surface area contributed by atoms with Gasteiger partial charge in [0, 0.05) is 37.7 Å². The molecule has 24 heavy (non-hydrogen) atoms. The molecule has 0 radical (unpaired) electrons. The fraction of sp³-hybridized carbons (Fsp3) is 0.444. The number of ether oxygens (including phenoxy) is 3. The van der Waals surface area contributed by atoms with Crippen LogP contribution in [0.5, 0.6) is 11.5 Å². The first-order valence-electron chi connectivity index (χ1n) is 8.02. The third-order valence-corrected chi connectivity index (χ3v) is 4.39. The van der Waals surface area contributed by atoms with Crippen LogP contribution in [0.1, 0.15) is 23.6 Å². The van der Waals surface area contributed by atoms with Gasteiger partial charge in [0.15, 0.2) is 11.5 Å². The van der Waals surface area contributed by atoms with Gasteiger partial charge < -0.3 is 19.1 Å². The molecule has 2 aromatic rings. The van der Waals surface area contributed by atoms with Crippen LogP contribution in [0.15, 0.2) is 30.6 Å². The fourth-order valence-corrected chi connectivity index (χ4v) is 3.24. The molecule has 1 aliphatic heterocycles. The molecular formula is C18H23N3O3. The highest BCUT2D eigenvalue weighted by molar-refractivity contribution is 5.50. The molecule has 0 spiro atoms. The predicted octanol–water partition coefficient (Wildman–Crippen LogP) is 2.63. The molecule has 0 N–H and O–H groups in total. The molecule has 1 atom stereocenters. The third kappa shape index (κ3) is 3.28. The number of aromatic nitrogens is 2. The van der Waals surface area contributed by atoms with Gasteiger partial charge in [-0.2, -0.15) is 0 Å². The summed E-state index contributed by atoms with van der Waals surface area (Å²) in [7, 11) is 5.03. The highest BCUT2D eigenvalue weighted by atomic mass is 16.5. The van der Waals surface area contributed by atoms with Crippen molar-refractivity contribution >= 4 is 5.82 Å². The molecule has 1 fully saturated rings. The molecule has 0 aliphatic carbocycles. The van der Waals surface area contributed by atoms with Crippen molar-refractivity contribution in [1.29, 1.82) is 0 Å². The van der Waals surface area contributed by atoms with Crippen LogP contribution in [0.3, 0.4) is 0 Å². The quantitative estimate of drug-likeness (QED) is 0.812. The molecule has 1 aliphatic rings. The van der Waals surface area contributed by atoms with Gasteiger partial charge in [-0.05, 0) is 12.5 Å². The molecule has 128 valence electrons. The van der Waals surface area contributed by atoms with E-state index in [1.54, 1.807) is 27.7 Å². The second-order valence-electron chi connectivity index (χ2n) is 5.81. The van der Waals surface area contributed by atoms with E-state index in [4.69, 9.17) is 14.2 Å². The van der Waals surface area contributed by atoms with Crippen molar-refractivity contribution in [3.8, 4) is 11.5 Å². The maximum absolute atomic E-state index is 5.59. The van der Waals surface area contributed by atoms with Crippen molar-refractivity contribution in [2.45, 2.75) is 18.9 Å². The molecule has 0 saturated carbocycles. The summed E-state index contributed by atoms with van der Waals surface area (Å²) in [6.45, 7) is 2.35. The van der Waals surface area contributed by atoms with Crippen LogP contribution in [0, 0.1) is 0 Å². The van der Waals surface area contributed by atoms with Gasteiger partial charge in [-0.25, -0.2) is 9.97 Å². The van der Waals surface area contributed by atoms with Crippen LogP contribution in [-0.2, 0) is 11.3 Å². The summed E-state index contributed by atoms with van der Waals surface area (Å²) < 4.78 is 16.2. The summed E-state index contributed by atoms with van der Waals surface area (Å²) in [5, 5.41) is 0. The zero-order chi connectivity index (χ0) is 16.9. The van der Waals surface area contributed by atoms with Gasteiger partial charge in [0.25, 0.3) is 0 Å². The van der Waals surface area contributed by atoms with Gasteiger partial charge in [0.1, 0.15) is 12.1 Å². The van der Waals surface area contributed by atoms with Gasteiger partial charge in [0.05, 0.1) is 26.5 Å². The first kappa shape index (κ1) is 16.5. The van der Waals surface area contributed by atoms with E-state index in [2.05, 4.69) is 20.9 Å². The lowest BCUT2D eigenvalue weighted by Gasteiger charge is -2.19. The third-order valence-electron chi connectivity index (χ3n) is 4.39. The zero-order valence-corrected chi connectivity index (χ0v) is 14.4. The monoisotopic (exact) mass is 329 g/mol. The molecule has 2 heterocycles. The lowest BCUT2D eigenvalue weighted by molar-refractivity contribution is 0.181. The average molecular weight is 329 g/mol. The molecule has 6 heteroatoms. The summed E-state index contributed by atoms with van der Waals surface area (Å²) in [6, 6.07) is 8.05. The molecule has 3 rings (SSSR count). The SMILES string of the molecule is COCc1cc(N2CC[C@@H](c3cccc(OC)c3OC)C2)ncn1. The van der Waals surface area contributed by atoms with E-state index < -0.39 is 0 Å². The van der Waals surface area contributed by atoms with Crippen LogP contribution >= 0.6 is 0 Å². The van der Waals surface area contributed by atoms with Gasteiger partial charge in [0.2, 0.25) is 0 Å². The Morgan fingerprint density at radius 2 is 2.04 bits per heavy atom. The summed E-state index contributed by atoms with van der Waals surface area (Å²) >= 11 is 0. The minimum Gasteiger partial charge on any atom is -0.493 e. The fourth-order valence-electron chi connectivity index (χ4n) is 3.24. The Bertz CT molecular complexity index is 693. The topological polar surface area (TPSA) is 56.7 Å². The molecule has 1 aromatic carbocycles. The van der Waals surface area contributed by atoms with E-state index in [-0.39, 0.29) is 0 Å². The maximum Gasteiger partial charge on any atom is 0.164 e. The van der Waals surface area contributed by atoms with Crippen molar-refractivity contribution in [3.63, 3.8) is 0 Å². The Labute approximate surface area is 142 Å². The minimum absolute atomic E-state index is 0.385. The van der Waals surface area contributed by atoms with Crippen molar-refractivity contribution in [2.24, 2.45) is 0 Å². The molecular weight excluding hydrogens is 306 g/mol. The van der Waals surface area contributed by atoms with Crippen LogP contribution < -0.4 is 14.4 Å². The molecule has 1 saturated heterocycles. The van der Waals surface area contributed by atoms with E-state index in [0.717, 1.165) is 42.5 Å². The van der Waals surface area contributed by atoms with E-state index in [1.807, 2.05) is 18.2 Å². The first-order valence-corrected chi connectivity index (χ1v) is 8.02. The lowest BCUT2D eigenvalue weighted by atomic mass is 9.97. The number of benzene rings is 1. The Hall–Kier alpha value is -2.34. The highest BCUT2D eigenvalue weighted by Crippen LogP contribution is 2.39. The van der Waals surface area contributed by atoms with Crippen molar-refractivity contribution in [1.82, 2.24) is 9.97 Å². The Kier molecular flexibility index (Phi) is 5.15. The van der Waals surface area contributed by atoms with Gasteiger partial charge in [-0.3, -0.25) is 0 Å². The Morgan fingerprint density at radius 1 is 1.17 bits per heavy atom. The Balaban J connectivity index is 1.80. The van der Waals surface area contributed by atoms with Gasteiger partial charge in [-0.1, -0.05) is 12.1 Å². The molecule has 1 aromatic heterocycles. The summed E-state index contributed by atoms with van der Waals surface area (Å²) in [6.07, 6.45) is 2.65. The van der Waals surface area contributed by atoms with Crippen LogP contribution in [0.2, 0.25) is 0 Å². The van der Waals surface area contributed by atoms with Crippen molar-refractivity contribution in [3.05, 3.63) is 41.9 Å². The van der Waals surface area contributed by atoms with E-state index in [0.29, 0.717) is 12.5 Å². The molecule has 0 bridgehead atoms. The number of anilines is 1. The van der Waals surface area contributed by atoms with Crippen LogP contribution in [0.25, 0.3) is 0 Å². The molecule has 0 unspecified atom stereocenters. The molecule has 0 amide bonds. The van der Waals surface area contributed by atoms with Crippen LogP contribution in [-0.4, -0.2) is 44.4 Å². The number of para-hydroxylation sites is 1. The number of nitrogens with zero attached hydrogens (tertiary/aromatic N) is 3. The smallest absolute Gasteiger partial charge is 0.164 e. The average Bonchev–Trinajstić information content (AvgIpc) is 3.11. The lowest BCUT2D eigenvalue weighted by Crippen LogP contribution is -2.21. The molecule has 6 nitrogen and oxygen atoms in total. The standard InChI is InChI=1S/C18H23N3O3/c1-22-11-14-9-17(20-12-19-14)21-8-7-13(10-21)15-5-4-6-16(23-2)18(15)24-3/h4-6,9,12-13H,7-8,10-11H2,1-3H3/t13-/m1/s1. The second-order valence-corrected chi connectivity index (χ2v) is 5.81. The zero-order valence-electron chi connectivity index (χ0n) is 14.4. The van der Waals surface area contributed by atoms with Gasteiger partial charge in [-0.15, -0.1) is 0 Å². The second kappa shape index (κ2) is 7.49. The van der Waals surface area contributed by atoms with E-state index in [1.165, 1.54) is 5.56 Å². The highest BCUT2D eigenvalue weighted by Gasteiger charge is 2.28. The number of methoxy groups -OCH3 is 3. The maximum atomic E-state index is 5.59. The van der Waals surface area contributed by atoms with Crippen molar-refractivity contribution < 1.29 is 14.2 Å². The summed E-state index contributed by atoms with van der Waals surface area (Å²) in [5.74, 6) is 2.93. The number of hydrogen-bond donors (Lipinski definition) is 0. The normalized spacial score (nSPS) is 17.1. The number of hydrogen-bond acceptors (Lipinski definition) is 6. The summed E-state index contributed by atoms with van der Waals surface area (Å²) in [4.78, 5) is 10.9. The Morgan fingerprint density at radius 3 is 2.79 bits per heavy atom. The summed E-state index contributed by atoms with van der Waals surface area (Å²) in [5.41, 5.74) is 2.08. The minimum atomic E-state index is 0.385. The van der Waals surface area contributed by atoms with E-state index >= 15 is 0 Å². The van der Waals surface area contributed by atoms with Crippen LogP contribution in [0.4, 0.5) is 5.82 Å². The van der Waals surface area contributed by atoms with Gasteiger partial charge >= 0.3 is 0 Å². The number of rotatable bonds is 6.